The van der Waals surface area contributed by atoms with Crippen LogP contribution >= 0.6 is 0 Å². The van der Waals surface area contributed by atoms with E-state index in [2.05, 4.69) is 5.18 Å². The summed E-state index contributed by atoms with van der Waals surface area (Å²) in [4.78, 5) is 23.6. The molecule has 1 amide bonds. The van der Waals surface area contributed by atoms with Crippen LogP contribution in [0.15, 0.2) is 5.18 Å². The van der Waals surface area contributed by atoms with Crippen LogP contribution in [-0.2, 0) is 4.74 Å². The summed E-state index contributed by atoms with van der Waals surface area (Å²) in [5.41, 5.74) is -0.493. The summed E-state index contributed by atoms with van der Waals surface area (Å²) >= 11 is 0. The summed E-state index contributed by atoms with van der Waals surface area (Å²) in [7, 11) is 0. The van der Waals surface area contributed by atoms with Gasteiger partial charge in [0.05, 0.1) is 6.54 Å². The first-order chi connectivity index (χ1) is 6.83. The number of nitrogens with zero attached hydrogens (tertiary/aromatic N) is 2. The lowest BCUT2D eigenvalue weighted by molar-refractivity contribution is 0.0288. The summed E-state index contributed by atoms with van der Waals surface area (Å²) in [6, 6.07) is -0.294. The summed E-state index contributed by atoms with van der Waals surface area (Å²) < 4.78 is 5.21. The minimum absolute atomic E-state index is 0.120. The Morgan fingerprint density at radius 2 is 2.00 bits per heavy atom. The first kappa shape index (κ1) is 11.9. The summed E-state index contributed by atoms with van der Waals surface area (Å²) in [5, 5.41) is 3.00. The lowest BCUT2D eigenvalue weighted by Gasteiger charge is -2.24. The van der Waals surface area contributed by atoms with Gasteiger partial charge in [0.2, 0.25) is 0 Å². The predicted octanol–water partition coefficient (Wildman–Crippen LogP) is 2.01. The van der Waals surface area contributed by atoms with E-state index in [1.807, 2.05) is 27.7 Å². The van der Waals surface area contributed by atoms with Crippen LogP contribution < -0.4 is 0 Å². The normalized spacial score (nSPS) is 26.5. The Morgan fingerprint density at radius 3 is 2.40 bits per heavy atom. The zero-order valence-electron chi connectivity index (χ0n) is 9.69. The fourth-order valence-corrected chi connectivity index (χ4v) is 1.56. The van der Waals surface area contributed by atoms with Crippen LogP contribution in [0.5, 0.6) is 0 Å². The highest BCUT2D eigenvalue weighted by Crippen LogP contribution is 2.21. The van der Waals surface area contributed by atoms with Crippen molar-refractivity contribution in [3.63, 3.8) is 0 Å². The van der Waals surface area contributed by atoms with Crippen molar-refractivity contribution in [2.45, 2.75) is 39.3 Å². The lowest BCUT2D eigenvalue weighted by Crippen LogP contribution is -2.35. The summed E-state index contributed by atoms with van der Waals surface area (Å²) in [5.74, 6) is 0.120. The van der Waals surface area contributed by atoms with Gasteiger partial charge in [-0.1, -0.05) is 12.1 Å². The monoisotopic (exact) mass is 214 g/mol. The summed E-state index contributed by atoms with van der Waals surface area (Å²) in [6.07, 6.45) is -0.361. The van der Waals surface area contributed by atoms with Gasteiger partial charge in [-0.3, -0.25) is 0 Å². The number of likely N-dealkylation sites (tertiary alicyclic amines) is 1. The van der Waals surface area contributed by atoms with Crippen LogP contribution in [-0.4, -0.2) is 35.7 Å². The van der Waals surface area contributed by atoms with Crippen molar-refractivity contribution < 1.29 is 9.53 Å². The zero-order chi connectivity index (χ0) is 11.6. The van der Waals surface area contributed by atoms with Crippen molar-refractivity contribution in [2.75, 3.05) is 13.1 Å². The fourth-order valence-electron chi connectivity index (χ4n) is 1.56. The highest BCUT2D eigenvalue weighted by atomic mass is 16.6. The Bertz CT molecular complexity index is 260. The van der Waals surface area contributed by atoms with Gasteiger partial charge >= 0.3 is 6.09 Å². The highest BCUT2D eigenvalue weighted by Gasteiger charge is 2.35. The minimum Gasteiger partial charge on any atom is -0.444 e. The van der Waals surface area contributed by atoms with Crippen molar-refractivity contribution in [3.8, 4) is 0 Å². The van der Waals surface area contributed by atoms with Crippen molar-refractivity contribution >= 4 is 6.09 Å². The van der Waals surface area contributed by atoms with Gasteiger partial charge in [0.15, 0.2) is 0 Å². The van der Waals surface area contributed by atoms with Gasteiger partial charge < -0.3 is 9.64 Å². The Balaban J connectivity index is 2.53. The molecular weight excluding hydrogens is 196 g/mol. The van der Waals surface area contributed by atoms with Crippen LogP contribution in [0.4, 0.5) is 4.79 Å². The van der Waals surface area contributed by atoms with Crippen molar-refractivity contribution in [1.29, 1.82) is 0 Å². The maximum Gasteiger partial charge on any atom is 0.410 e. The van der Waals surface area contributed by atoms with Crippen LogP contribution in [0.2, 0.25) is 0 Å². The maximum atomic E-state index is 11.6. The molecule has 1 rings (SSSR count). The number of carbonyl (C=O) groups is 1. The molecule has 86 valence electrons. The van der Waals surface area contributed by atoms with Crippen LogP contribution in [0.25, 0.3) is 0 Å². The molecule has 5 nitrogen and oxygen atoms in total. The molecule has 1 saturated heterocycles. The second-order valence-corrected chi connectivity index (χ2v) is 5.04. The van der Waals surface area contributed by atoms with Crippen LogP contribution in [0.3, 0.4) is 0 Å². The number of hydrogen-bond acceptors (Lipinski definition) is 4. The standard InChI is InChI=1S/C10H18N2O3/c1-7-5-12(6-8(7)11-14)9(13)15-10(2,3)4/h7-8H,5-6H2,1-4H3. The molecule has 0 bridgehead atoms. The molecule has 5 heteroatoms. The van der Waals surface area contributed by atoms with E-state index in [9.17, 15) is 9.70 Å². The highest BCUT2D eigenvalue weighted by molar-refractivity contribution is 5.68. The smallest absolute Gasteiger partial charge is 0.410 e. The molecule has 1 aliphatic rings. The lowest BCUT2D eigenvalue weighted by atomic mass is 10.1. The van der Waals surface area contributed by atoms with E-state index in [1.54, 1.807) is 4.90 Å². The minimum atomic E-state index is -0.493. The molecule has 1 aliphatic heterocycles. The predicted molar refractivity (Wildman–Crippen MR) is 56.6 cm³/mol. The van der Waals surface area contributed by atoms with Gasteiger partial charge in [-0.25, -0.2) is 4.79 Å². The molecule has 0 saturated carbocycles. The third-order valence-corrected chi connectivity index (χ3v) is 2.36. The molecular formula is C10H18N2O3. The van der Waals surface area contributed by atoms with E-state index in [0.29, 0.717) is 13.1 Å². The van der Waals surface area contributed by atoms with Crippen molar-refractivity contribution in [3.05, 3.63) is 4.91 Å². The Labute approximate surface area is 89.7 Å². The second kappa shape index (κ2) is 4.16. The molecule has 0 aromatic heterocycles. The van der Waals surface area contributed by atoms with Gasteiger partial charge in [-0.05, 0) is 20.8 Å². The Kier molecular flexibility index (Phi) is 3.31. The summed E-state index contributed by atoms with van der Waals surface area (Å²) in [6.45, 7) is 8.29. The molecule has 0 aromatic rings. The molecule has 0 radical (unpaired) electrons. The number of carbonyl (C=O) groups excluding carboxylic acids is 1. The van der Waals surface area contributed by atoms with E-state index in [4.69, 9.17) is 4.74 Å². The van der Waals surface area contributed by atoms with Crippen molar-refractivity contribution in [1.82, 2.24) is 4.90 Å². The third kappa shape index (κ3) is 3.18. The van der Waals surface area contributed by atoms with E-state index in [-0.39, 0.29) is 18.1 Å². The van der Waals surface area contributed by atoms with Gasteiger partial charge in [0, 0.05) is 12.5 Å². The van der Waals surface area contributed by atoms with Gasteiger partial charge in [0.1, 0.15) is 11.6 Å². The van der Waals surface area contributed by atoms with Gasteiger partial charge in [-0.2, -0.15) is 4.91 Å². The SMILES string of the molecule is CC1CN(C(=O)OC(C)(C)C)CC1N=O. The topological polar surface area (TPSA) is 59.0 Å². The third-order valence-electron chi connectivity index (χ3n) is 2.36. The molecule has 2 unspecified atom stereocenters. The second-order valence-electron chi connectivity index (χ2n) is 5.04. The molecule has 15 heavy (non-hydrogen) atoms. The molecule has 2 atom stereocenters. The van der Waals surface area contributed by atoms with E-state index < -0.39 is 5.60 Å². The molecule has 0 spiro atoms. The van der Waals surface area contributed by atoms with Crippen LogP contribution in [0, 0.1) is 10.8 Å². The van der Waals surface area contributed by atoms with Gasteiger partial charge in [-0.15, -0.1) is 0 Å². The maximum absolute atomic E-state index is 11.6. The van der Waals surface area contributed by atoms with E-state index >= 15 is 0 Å². The number of rotatable bonds is 1. The molecule has 1 heterocycles. The fraction of sp³-hybridized carbons (Fsp3) is 0.900. The average Bonchev–Trinajstić information content (AvgIpc) is 2.43. The zero-order valence-corrected chi connectivity index (χ0v) is 9.69. The van der Waals surface area contributed by atoms with E-state index in [1.165, 1.54) is 0 Å². The average molecular weight is 214 g/mol. The largest absolute Gasteiger partial charge is 0.444 e. The van der Waals surface area contributed by atoms with Crippen molar-refractivity contribution in [2.24, 2.45) is 11.1 Å². The first-order valence-corrected chi connectivity index (χ1v) is 5.14. The number of hydrogen-bond donors (Lipinski definition) is 0. The number of ether oxygens (including phenoxy) is 1. The van der Waals surface area contributed by atoms with Gasteiger partial charge in [0.25, 0.3) is 0 Å². The molecule has 1 fully saturated rings. The molecule has 0 N–H and O–H groups in total. The van der Waals surface area contributed by atoms with E-state index in [0.717, 1.165) is 0 Å². The Hall–Kier alpha value is -1.13. The quantitative estimate of drug-likeness (QED) is 0.627. The van der Waals surface area contributed by atoms with Crippen LogP contribution in [0.1, 0.15) is 27.7 Å². The molecule has 0 aliphatic carbocycles. The molecule has 0 aromatic carbocycles. The number of nitroso groups, excluding NO2 is 1. The first-order valence-electron chi connectivity index (χ1n) is 5.14. The Morgan fingerprint density at radius 1 is 1.40 bits per heavy atom. The number of amides is 1.